The van der Waals surface area contributed by atoms with Gasteiger partial charge < -0.3 is 9.88 Å². The molecule has 3 heterocycles. The molecule has 3 N–H and O–H groups in total. The predicted molar refractivity (Wildman–Crippen MR) is 61.9 cm³/mol. The second kappa shape index (κ2) is 3.84. The zero-order valence-electron chi connectivity index (χ0n) is 9.83. The van der Waals surface area contributed by atoms with E-state index in [9.17, 15) is 0 Å². The summed E-state index contributed by atoms with van der Waals surface area (Å²) in [5.41, 5.74) is 9.21. The molecule has 0 aromatic carbocycles. The second-order valence-electron chi connectivity index (χ2n) is 4.84. The second-order valence-corrected chi connectivity index (χ2v) is 4.84. The Morgan fingerprint density at radius 2 is 2.06 bits per heavy atom. The topological polar surface area (TPSA) is 53.9 Å². The van der Waals surface area contributed by atoms with Crippen LogP contribution in [0, 0.1) is 0 Å². The van der Waals surface area contributed by atoms with E-state index in [1.807, 2.05) is 6.33 Å². The van der Waals surface area contributed by atoms with Crippen LogP contribution in [0.4, 0.5) is 0 Å². The quantitative estimate of drug-likeness (QED) is 0.622. The van der Waals surface area contributed by atoms with Gasteiger partial charge in [0.05, 0.1) is 17.7 Å². The van der Waals surface area contributed by atoms with Crippen molar-refractivity contribution in [1.82, 2.24) is 25.7 Å². The zero-order valence-corrected chi connectivity index (χ0v) is 9.83. The molecule has 2 aliphatic heterocycles. The Balaban J connectivity index is 1.96. The molecule has 3 rings (SSSR count). The van der Waals surface area contributed by atoms with Crippen molar-refractivity contribution in [3.05, 3.63) is 17.7 Å². The standard InChI is InChI=1S/C11H19N5/c1-7-10(8(2)15-14-7)11-9-5-12-3-4-16(9)6-13-11/h6-8,10,12,14-15H,3-5H2,1-2H3. The summed E-state index contributed by atoms with van der Waals surface area (Å²) in [7, 11) is 0. The lowest BCUT2D eigenvalue weighted by Gasteiger charge is -2.21. The molecule has 1 aromatic heterocycles. The van der Waals surface area contributed by atoms with E-state index in [1.165, 1.54) is 11.4 Å². The number of imidazole rings is 1. The van der Waals surface area contributed by atoms with Crippen molar-refractivity contribution in [2.75, 3.05) is 6.54 Å². The molecule has 2 aliphatic rings. The van der Waals surface area contributed by atoms with Crippen LogP contribution >= 0.6 is 0 Å². The van der Waals surface area contributed by atoms with Crippen molar-refractivity contribution < 1.29 is 0 Å². The molecular weight excluding hydrogens is 202 g/mol. The molecule has 0 saturated carbocycles. The average molecular weight is 221 g/mol. The molecule has 1 saturated heterocycles. The smallest absolute Gasteiger partial charge is 0.0952 e. The van der Waals surface area contributed by atoms with Crippen molar-refractivity contribution in [2.24, 2.45) is 0 Å². The molecule has 2 atom stereocenters. The molecule has 0 aliphatic carbocycles. The first-order valence-electron chi connectivity index (χ1n) is 6.03. The summed E-state index contributed by atoms with van der Waals surface area (Å²) in [6, 6.07) is 0.882. The monoisotopic (exact) mass is 221 g/mol. The van der Waals surface area contributed by atoms with Gasteiger partial charge in [-0.15, -0.1) is 0 Å². The minimum atomic E-state index is 0.441. The molecule has 5 heteroatoms. The zero-order chi connectivity index (χ0) is 11.1. The van der Waals surface area contributed by atoms with Crippen LogP contribution in [0.3, 0.4) is 0 Å². The Morgan fingerprint density at radius 1 is 1.31 bits per heavy atom. The van der Waals surface area contributed by atoms with Gasteiger partial charge in [-0.05, 0) is 13.8 Å². The highest BCUT2D eigenvalue weighted by atomic mass is 15.4. The number of rotatable bonds is 1. The molecule has 0 bridgehead atoms. The first-order chi connectivity index (χ1) is 7.77. The van der Waals surface area contributed by atoms with E-state index in [4.69, 9.17) is 0 Å². The van der Waals surface area contributed by atoms with Crippen LogP contribution in [-0.2, 0) is 13.1 Å². The predicted octanol–water partition coefficient (Wildman–Crippen LogP) is -0.0453. The largest absolute Gasteiger partial charge is 0.332 e. The average Bonchev–Trinajstić information content (AvgIpc) is 2.83. The summed E-state index contributed by atoms with van der Waals surface area (Å²) in [5.74, 6) is 0.469. The van der Waals surface area contributed by atoms with Crippen LogP contribution in [0.15, 0.2) is 6.33 Å². The van der Waals surface area contributed by atoms with Gasteiger partial charge in [-0.3, -0.25) is 10.9 Å². The number of fused-ring (bicyclic) bond motifs is 1. The Labute approximate surface area is 95.6 Å². The summed E-state index contributed by atoms with van der Waals surface area (Å²) in [6.07, 6.45) is 1.99. The van der Waals surface area contributed by atoms with Gasteiger partial charge >= 0.3 is 0 Å². The van der Waals surface area contributed by atoms with Crippen molar-refractivity contribution in [1.29, 1.82) is 0 Å². The van der Waals surface area contributed by atoms with Crippen LogP contribution in [0.25, 0.3) is 0 Å². The highest BCUT2D eigenvalue weighted by molar-refractivity contribution is 5.24. The third-order valence-corrected chi connectivity index (χ3v) is 3.73. The summed E-state index contributed by atoms with van der Waals surface area (Å²) in [6.45, 7) is 7.46. The minimum absolute atomic E-state index is 0.441. The molecule has 1 aromatic rings. The van der Waals surface area contributed by atoms with E-state index < -0.39 is 0 Å². The maximum atomic E-state index is 4.62. The van der Waals surface area contributed by atoms with Gasteiger partial charge in [0.1, 0.15) is 0 Å². The van der Waals surface area contributed by atoms with Crippen LogP contribution < -0.4 is 16.2 Å². The Bertz CT molecular complexity index is 376. The molecule has 0 radical (unpaired) electrons. The molecule has 88 valence electrons. The lowest BCUT2D eigenvalue weighted by atomic mass is 9.91. The van der Waals surface area contributed by atoms with Gasteiger partial charge in [0.2, 0.25) is 0 Å². The van der Waals surface area contributed by atoms with Crippen LogP contribution in [0.2, 0.25) is 0 Å². The van der Waals surface area contributed by atoms with E-state index in [0.717, 1.165) is 19.6 Å². The van der Waals surface area contributed by atoms with Crippen LogP contribution in [0.1, 0.15) is 31.2 Å². The normalized spacial score (nSPS) is 34.0. The first kappa shape index (κ1) is 10.3. The molecule has 0 spiro atoms. The van der Waals surface area contributed by atoms with Gasteiger partial charge in [0.15, 0.2) is 0 Å². The molecule has 2 unspecified atom stereocenters. The van der Waals surface area contributed by atoms with E-state index in [0.29, 0.717) is 18.0 Å². The number of nitrogens with zero attached hydrogens (tertiary/aromatic N) is 2. The van der Waals surface area contributed by atoms with E-state index in [-0.39, 0.29) is 0 Å². The van der Waals surface area contributed by atoms with Crippen LogP contribution in [0.5, 0.6) is 0 Å². The van der Waals surface area contributed by atoms with Crippen molar-refractivity contribution in [3.8, 4) is 0 Å². The minimum Gasteiger partial charge on any atom is -0.332 e. The molecule has 16 heavy (non-hydrogen) atoms. The first-order valence-corrected chi connectivity index (χ1v) is 6.03. The lowest BCUT2D eigenvalue weighted by Crippen LogP contribution is -2.30. The van der Waals surface area contributed by atoms with Crippen molar-refractivity contribution in [3.63, 3.8) is 0 Å². The molecule has 5 nitrogen and oxygen atoms in total. The van der Waals surface area contributed by atoms with Gasteiger partial charge in [-0.2, -0.15) is 0 Å². The highest BCUT2D eigenvalue weighted by Crippen LogP contribution is 2.29. The third kappa shape index (κ3) is 1.47. The highest BCUT2D eigenvalue weighted by Gasteiger charge is 2.35. The maximum Gasteiger partial charge on any atom is 0.0952 e. The van der Waals surface area contributed by atoms with Crippen LogP contribution in [-0.4, -0.2) is 28.2 Å². The van der Waals surface area contributed by atoms with Gasteiger partial charge in [-0.25, -0.2) is 4.98 Å². The fraction of sp³-hybridized carbons (Fsp3) is 0.727. The van der Waals surface area contributed by atoms with E-state index in [1.54, 1.807) is 0 Å². The SMILES string of the molecule is CC1NNC(C)C1c1ncn2c1CNCC2. The summed E-state index contributed by atoms with van der Waals surface area (Å²) in [5, 5.41) is 3.42. The Hall–Kier alpha value is -0.910. The van der Waals surface area contributed by atoms with E-state index >= 15 is 0 Å². The van der Waals surface area contributed by atoms with E-state index in [2.05, 4.69) is 39.6 Å². The Morgan fingerprint density at radius 3 is 2.81 bits per heavy atom. The Kier molecular flexibility index (Phi) is 2.46. The number of hydrogen-bond acceptors (Lipinski definition) is 4. The fourth-order valence-corrected chi connectivity index (χ4v) is 2.84. The molecular formula is C11H19N5. The summed E-state index contributed by atoms with van der Waals surface area (Å²) < 4.78 is 2.28. The molecule has 1 fully saturated rings. The maximum absolute atomic E-state index is 4.62. The number of aromatic nitrogens is 2. The number of hydrazine groups is 1. The van der Waals surface area contributed by atoms with Crippen molar-refractivity contribution >= 4 is 0 Å². The summed E-state index contributed by atoms with van der Waals surface area (Å²) in [4.78, 5) is 4.62. The fourth-order valence-electron chi connectivity index (χ4n) is 2.84. The van der Waals surface area contributed by atoms with Crippen molar-refractivity contribution in [2.45, 2.75) is 44.9 Å². The number of nitrogens with one attached hydrogen (secondary N) is 3. The lowest BCUT2D eigenvalue weighted by molar-refractivity contribution is 0.497. The number of hydrogen-bond donors (Lipinski definition) is 3. The van der Waals surface area contributed by atoms with Gasteiger partial charge in [0, 0.05) is 37.6 Å². The molecule has 0 amide bonds. The summed E-state index contributed by atoms with van der Waals surface area (Å²) >= 11 is 0. The van der Waals surface area contributed by atoms with Gasteiger partial charge in [-0.1, -0.05) is 0 Å². The third-order valence-electron chi connectivity index (χ3n) is 3.73. The van der Waals surface area contributed by atoms with Gasteiger partial charge in [0.25, 0.3) is 0 Å².